The van der Waals surface area contributed by atoms with Gasteiger partial charge in [-0.25, -0.2) is 8.42 Å². The zero-order chi connectivity index (χ0) is 22.3. The number of aromatic nitrogens is 2. The smallest absolute Gasteiger partial charge is 0.274 e. The molecule has 2 amide bonds. The van der Waals surface area contributed by atoms with Crippen LogP contribution in [0.4, 0.5) is 0 Å². The van der Waals surface area contributed by atoms with Gasteiger partial charge in [-0.1, -0.05) is 12.1 Å². The molecule has 0 unspecified atom stereocenters. The van der Waals surface area contributed by atoms with Crippen molar-refractivity contribution in [2.75, 3.05) is 37.7 Å². The highest BCUT2D eigenvalue weighted by atomic mass is 32.2. The summed E-state index contributed by atoms with van der Waals surface area (Å²) in [6.07, 6.45) is 0.493. The molecule has 1 aromatic carbocycles. The van der Waals surface area contributed by atoms with Gasteiger partial charge in [0.1, 0.15) is 0 Å². The molecule has 8 nitrogen and oxygen atoms in total. The molecule has 4 rings (SSSR count). The van der Waals surface area contributed by atoms with E-state index in [0.29, 0.717) is 38.3 Å². The molecule has 0 spiro atoms. The van der Waals surface area contributed by atoms with E-state index >= 15 is 0 Å². The van der Waals surface area contributed by atoms with E-state index in [2.05, 4.69) is 5.10 Å². The molecule has 1 atom stereocenters. The Balaban J connectivity index is 1.67. The van der Waals surface area contributed by atoms with Crippen LogP contribution in [0.5, 0.6) is 0 Å². The fraction of sp³-hybridized carbons (Fsp3) is 0.500. The lowest BCUT2D eigenvalue weighted by Gasteiger charge is -2.33. The average Bonchev–Trinajstić information content (AvgIpc) is 3.33. The minimum absolute atomic E-state index is 0.0100. The van der Waals surface area contributed by atoms with Crippen LogP contribution < -0.4 is 0 Å². The largest absolute Gasteiger partial charge is 0.339 e. The highest BCUT2D eigenvalue weighted by Gasteiger charge is 2.33. The van der Waals surface area contributed by atoms with Crippen molar-refractivity contribution < 1.29 is 18.0 Å². The lowest BCUT2D eigenvalue weighted by atomic mass is 10.0. The fourth-order valence-electron chi connectivity index (χ4n) is 4.25. The molecule has 31 heavy (non-hydrogen) atoms. The number of sulfone groups is 1. The van der Waals surface area contributed by atoms with Crippen LogP contribution in [-0.2, 0) is 14.6 Å². The first-order chi connectivity index (χ1) is 14.6. The fourth-order valence-corrected chi connectivity index (χ4v) is 5.94. The summed E-state index contributed by atoms with van der Waals surface area (Å²) in [6, 6.07) is 7.55. The van der Waals surface area contributed by atoms with E-state index in [9.17, 15) is 18.0 Å². The quantitative estimate of drug-likeness (QED) is 0.720. The van der Waals surface area contributed by atoms with Crippen LogP contribution >= 0.6 is 0 Å². The van der Waals surface area contributed by atoms with Crippen LogP contribution in [0.2, 0.25) is 0 Å². The van der Waals surface area contributed by atoms with Crippen molar-refractivity contribution in [2.45, 2.75) is 33.2 Å². The van der Waals surface area contributed by atoms with Crippen LogP contribution in [0.25, 0.3) is 11.3 Å². The molecule has 0 radical (unpaired) electrons. The Hall–Kier alpha value is -2.68. The standard InChI is InChI=1S/C22H28N4O4S/c1-15-4-5-18(12-16(15)2)21-13-20(23-26(21)19-6-11-31(29,30)14-19)22(28)25-9-7-24(8-10-25)17(3)27/h4-5,12-13,19H,6-11,14H2,1-3H3/t19-/m0/s1. The van der Waals surface area contributed by atoms with Crippen molar-refractivity contribution in [3.05, 3.63) is 41.1 Å². The summed E-state index contributed by atoms with van der Waals surface area (Å²) in [4.78, 5) is 28.2. The van der Waals surface area contributed by atoms with Gasteiger partial charge in [-0.15, -0.1) is 0 Å². The molecule has 1 aromatic heterocycles. The first kappa shape index (κ1) is 21.5. The predicted molar refractivity (Wildman–Crippen MR) is 118 cm³/mol. The average molecular weight is 445 g/mol. The van der Waals surface area contributed by atoms with Gasteiger partial charge in [0.25, 0.3) is 5.91 Å². The predicted octanol–water partition coefficient (Wildman–Crippen LogP) is 1.83. The zero-order valence-electron chi connectivity index (χ0n) is 18.2. The van der Waals surface area contributed by atoms with Gasteiger partial charge < -0.3 is 9.80 Å². The summed E-state index contributed by atoms with van der Waals surface area (Å²) in [5.74, 6) is 0.00110. The number of rotatable bonds is 3. The number of hydrogen-bond donors (Lipinski definition) is 0. The Kier molecular flexibility index (Phi) is 5.63. The summed E-state index contributed by atoms with van der Waals surface area (Å²) in [7, 11) is -3.10. The van der Waals surface area contributed by atoms with Crippen molar-refractivity contribution in [3.8, 4) is 11.3 Å². The monoisotopic (exact) mass is 444 g/mol. The Morgan fingerprint density at radius 3 is 2.26 bits per heavy atom. The number of aryl methyl sites for hydroxylation is 2. The SMILES string of the molecule is CC(=O)N1CCN(C(=O)c2cc(-c3ccc(C)c(C)c3)n([C@H]3CCS(=O)(=O)C3)n2)CC1. The minimum atomic E-state index is -3.10. The maximum Gasteiger partial charge on any atom is 0.274 e. The molecule has 0 bridgehead atoms. The van der Waals surface area contributed by atoms with Gasteiger partial charge in [0.15, 0.2) is 15.5 Å². The zero-order valence-corrected chi connectivity index (χ0v) is 19.0. The number of carbonyl (C=O) groups is 2. The summed E-state index contributed by atoms with van der Waals surface area (Å²) in [5.41, 5.74) is 4.28. The highest BCUT2D eigenvalue weighted by molar-refractivity contribution is 7.91. The van der Waals surface area contributed by atoms with Crippen molar-refractivity contribution in [1.29, 1.82) is 0 Å². The molecule has 166 valence electrons. The van der Waals surface area contributed by atoms with E-state index in [0.717, 1.165) is 22.4 Å². The van der Waals surface area contributed by atoms with Gasteiger partial charge in [-0.3, -0.25) is 14.3 Å². The molecule has 2 aliphatic rings. The molecule has 3 heterocycles. The van der Waals surface area contributed by atoms with Gasteiger partial charge in [0.2, 0.25) is 5.91 Å². The maximum atomic E-state index is 13.2. The molecule has 0 saturated carbocycles. The molecule has 0 N–H and O–H groups in total. The molecular formula is C22H28N4O4S. The second-order valence-corrected chi connectivity index (χ2v) is 10.7. The Labute approximate surface area is 182 Å². The first-order valence-corrected chi connectivity index (χ1v) is 12.4. The molecule has 2 aliphatic heterocycles. The van der Waals surface area contributed by atoms with E-state index in [1.807, 2.05) is 32.0 Å². The number of amides is 2. The number of hydrogen-bond acceptors (Lipinski definition) is 5. The summed E-state index contributed by atoms with van der Waals surface area (Å²) in [5, 5.41) is 4.60. The van der Waals surface area contributed by atoms with Gasteiger partial charge >= 0.3 is 0 Å². The normalized spacial score (nSPS) is 20.8. The lowest BCUT2D eigenvalue weighted by molar-refractivity contribution is -0.130. The second-order valence-electron chi connectivity index (χ2n) is 8.51. The third kappa shape index (κ3) is 4.37. The van der Waals surface area contributed by atoms with E-state index in [1.54, 1.807) is 20.5 Å². The Bertz CT molecular complexity index is 1130. The number of carbonyl (C=O) groups excluding carboxylic acids is 2. The minimum Gasteiger partial charge on any atom is -0.339 e. The highest BCUT2D eigenvalue weighted by Crippen LogP contribution is 2.31. The number of benzene rings is 1. The summed E-state index contributed by atoms with van der Waals surface area (Å²) in [6.45, 7) is 7.53. The lowest BCUT2D eigenvalue weighted by Crippen LogP contribution is -2.50. The summed E-state index contributed by atoms with van der Waals surface area (Å²) < 4.78 is 25.9. The van der Waals surface area contributed by atoms with Crippen LogP contribution in [0.3, 0.4) is 0 Å². The van der Waals surface area contributed by atoms with Gasteiger partial charge in [-0.05, 0) is 43.5 Å². The van der Waals surface area contributed by atoms with E-state index < -0.39 is 9.84 Å². The summed E-state index contributed by atoms with van der Waals surface area (Å²) >= 11 is 0. The number of nitrogens with zero attached hydrogens (tertiary/aromatic N) is 4. The maximum absolute atomic E-state index is 13.2. The van der Waals surface area contributed by atoms with Crippen molar-refractivity contribution in [2.24, 2.45) is 0 Å². The third-order valence-electron chi connectivity index (χ3n) is 6.32. The molecule has 2 aromatic rings. The van der Waals surface area contributed by atoms with E-state index in [4.69, 9.17) is 0 Å². The molecule has 2 fully saturated rings. The first-order valence-electron chi connectivity index (χ1n) is 10.6. The second kappa shape index (κ2) is 8.11. The van der Waals surface area contributed by atoms with Crippen LogP contribution in [-0.4, -0.2) is 77.5 Å². The van der Waals surface area contributed by atoms with Gasteiger partial charge in [-0.2, -0.15) is 5.10 Å². The van der Waals surface area contributed by atoms with Crippen LogP contribution in [0, 0.1) is 13.8 Å². The van der Waals surface area contributed by atoms with Crippen molar-refractivity contribution in [1.82, 2.24) is 19.6 Å². The van der Waals surface area contributed by atoms with Crippen molar-refractivity contribution >= 4 is 21.7 Å². The molecule has 9 heteroatoms. The number of piperazine rings is 1. The van der Waals surface area contributed by atoms with Crippen molar-refractivity contribution in [3.63, 3.8) is 0 Å². The van der Waals surface area contributed by atoms with Crippen LogP contribution in [0.1, 0.15) is 41.0 Å². The van der Waals surface area contributed by atoms with Crippen LogP contribution in [0.15, 0.2) is 24.3 Å². The van der Waals surface area contributed by atoms with E-state index in [1.165, 1.54) is 6.92 Å². The third-order valence-corrected chi connectivity index (χ3v) is 8.07. The van der Waals surface area contributed by atoms with Gasteiger partial charge in [0, 0.05) is 38.7 Å². The Morgan fingerprint density at radius 1 is 1.00 bits per heavy atom. The molecule has 0 aliphatic carbocycles. The molecular weight excluding hydrogens is 416 g/mol. The topological polar surface area (TPSA) is 92.6 Å². The molecule has 2 saturated heterocycles. The van der Waals surface area contributed by atoms with E-state index in [-0.39, 0.29) is 29.4 Å². The van der Waals surface area contributed by atoms with Gasteiger partial charge in [0.05, 0.1) is 23.2 Å². The Morgan fingerprint density at radius 2 is 1.68 bits per heavy atom.